The lowest BCUT2D eigenvalue weighted by atomic mass is 10.3. The first-order chi connectivity index (χ1) is 11.7. The standard InChI is InChI=1S/C16H20ClN3O4S/c1-19(2)25(22,23)13-6-7-14(17)15(9-13)18-16(21)11-20(3)10-12-5-4-8-24-12/h4-9H,10-11H2,1-3H3,(H,18,21)/p+1. The fraction of sp³-hybridized carbons (Fsp3) is 0.312. The van der Waals surface area contributed by atoms with Gasteiger partial charge in [0.25, 0.3) is 5.91 Å². The first-order valence-electron chi connectivity index (χ1n) is 7.55. The van der Waals surface area contributed by atoms with Gasteiger partial charge in [0.15, 0.2) is 12.3 Å². The lowest BCUT2D eigenvalue weighted by molar-refractivity contribution is -0.886. The highest BCUT2D eigenvalue weighted by molar-refractivity contribution is 7.89. The number of sulfonamides is 1. The number of hydrogen-bond acceptors (Lipinski definition) is 4. The topological polar surface area (TPSA) is 84.1 Å². The Morgan fingerprint density at radius 1 is 1.32 bits per heavy atom. The van der Waals surface area contributed by atoms with Crippen LogP contribution in [-0.4, -0.2) is 46.3 Å². The first kappa shape index (κ1) is 19.5. The molecule has 0 fully saturated rings. The predicted molar refractivity (Wildman–Crippen MR) is 95.1 cm³/mol. The quantitative estimate of drug-likeness (QED) is 0.738. The third-order valence-electron chi connectivity index (χ3n) is 3.51. The summed E-state index contributed by atoms with van der Waals surface area (Å²) >= 11 is 6.08. The monoisotopic (exact) mass is 386 g/mol. The zero-order valence-corrected chi connectivity index (χ0v) is 15.8. The molecule has 2 rings (SSSR count). The van der Waals surface area contributed by atoms with E-state index < -0.39 is 10.0 Å². The third-order valence-corrected chi connectivity index (χ3v) is 5.65. The molecule has 0 aliphatic carbocycles. The van der Waals surface area contributed by atoms with E-state index in [1.807, 2.05) is 13.1 Å². The molecule has 1 amide bonds. The van der Waals surface area contributed by atoms with Crippen molar-refractivity contribution in [3.05, 3.63) is 47.4 Å². The second-order valence-corrected chi connectivity index (χ2v) is 8.43. The molecule has 0 spiro atoms. The van der Waals surface area contributed by atoms with E-state index in [0.29, 0.717) is 6.54 Å². The number of hydrogen-bond donors (Lipinski definition) is 2. The Hall–Kier alpha value is -1.87. The number of carbonyl (C=O) groups is 1. The molecule has 0 saturated carbocycles. The van der Waals surface area contributed by atoms with Crippen LogP contribution in [0.5, 0.6) is 0 Å². The second-order valence-electron chi connectivity index (χ2n) is 5.87. The molecular formula is C16H21ClN3O4S+. The predicted octanol–water partition coefficient (Wildman–Crippen LogP) is 0.837. The highest BCUT2D eigenvalue weighted by Gasteiger charge is 2.20. The van der Waals surface area contributed by atoms with Crippen LogP contribution in [0.15, 0.2) is 45.9 Å². The van der Waals surface area contributed by atoms with Crippen LogP contribution in [0.2, 0.25) is 5.02 Å². The van der Waals surface area contributed by atoms with Crippen LogP contribution in [0, 0.1) is 0 Å². The van der Waals surface area contributed by atoms with E-state index in [1.54, 1.807) is 12.3 Å². The molecule has 0 aliphatic heterocycles. The minimum atomic E-state index is -3.60. The van der Waals surface area contributed by atoms with Crippen molar-refractivity contribution in [3.63, 3.8) is 0 Å². The first-order valence-corrected chi connectivity index (χ1v) is 9.37. The molecule has 1 aromatic heterocycles. The largest absolute Gasteiger partial charge is 0.463 e. The Labute approximate surface area is 152 Å². The number of nitrogens with one attached hydrogen (secondary N) is 2. The molecule has 1 atom stereocenters. The molecule has 25 heavy (non-hydrogen) atoms. The van der Waals surface area contributed by atoms with Gasteiger partial charge in [0.2, 0.25) is 10.0 Å². The Kier molecular flexibility index (Phi) is 6.23. The van der Waals surface area contributed by atoms with Gasteiger partial charge in [0.1, 0.15) is 6.54 Å². The van der Waals surface area contributed by atoms with Crippen LogP contribution < -0.4 is 10.2 Å². The number of furan rings is 1. The van der Waals surface area contributed by atoms with Gasteiger partial charge in [-0.05, 0) is 30.3 Å². The molecule has 0 bridgehead atoms. The molecule has 1 heterocycles. The summed E-state index contributed by atoms with van der Waals surface area (Å²) in [5, 5.41) is 2.94. The molecule has 9 heteroatoms. The molecule has 136 valence electrons. The lowest BCUT2D eigenvalue weighted by Gasteiger charge is -2.15. The number of likely N-dealkylation sites (N-methyl/N-ethyl adjacent to an activating group) is 1. The van der Waals surface area contributed by atoms with E-state index in [9.17, 15) is 13.2 Å². The molecule has 0 radical (unpaired) electrons. The highest BCUT2D eigenvalue weighted by atomic mass is 35.5. The highest BCUT2D eigenvalue weighted by Crippen LogP contribution is 2.26. The maximum Gasteiger partial charge on any atom is 0.279 e. The van der Waals surface area contributed by atoms with Gasteiger partial charge in [-0.1, -0.05) is 11.6 Å². The van der Waals surface area contributed by atoms with Gasteiger partial charge in [-0.25, -0.2) is 12.7 Å². The van der Waals surface area contributed by atoms with Gasteiger partial charge in [-0.15, -0.1) is 0 Å². The normalized spacial score (nSPS) is 13.0. The molecule has 2 N–H and O–H groups in total. The third kappa shape index (κ3) is 5.05. The Balaban J connectivity index is 2.07. The van der Waals surface area contributed by atoms with Gasteiger partial charge in [-0.2, -0.15) is 0 Å². The van der Waals surface area contributed by atoms with Crippen LogP contribution in [0.25, 0.3) is 0 Å². The molecule has 2 aromatic rings. The SMILES string of the molecule is CN(C)S(=O)(=O)c1ccc(Cl)c(NC(=O)C[NH+](C)Cc2ccco2)c1. The number of rotatable bonds is 7. The summed E-state index contributed by atoms with van der Waals surface area (Å²) in [7, 11) is 1.13. The Morgan fingerprint density at radius 2 is 2.04 bits per heavy atom. The van der Waals surface area contributed by atoms with E-state index in [-0.39, 0.29) is 28.1 Å². The van der Waals surface area contributed by atoms with Gasteiger partial charge >= 0.3 is 0 Å². The van der Waals surface area contributed by atoms with Crippen LogP contribution in [0.4, 0.5) is 5.69 Å². The number of nitrogens with zero attached hydrogens (tertiary/aromatic N) is 1. The number of halogens is 1. The minimum Gasteiger partial charge on any atom is -0.463 e. The van der Waals surface area contributed by atoms with E-state index >= 15 is 0 Å². The number of anilines is 1. The molecule has 7 nitrogen and oxygen atoms in total. The molecule has 0 aliphatic rings. The van der Waals surface area contributed by atoms with Crippen molar-refractivity contribution in [2.45, 2.75) is 11.4 Å². The number of benzene rings is 1. The summed E-state index contributed by atoms with van der Waals surface area (Å²) in [6.45, 7) is 0.741. The average Bonchev–Trinajstić information content (AvgIpc) is 3.01. The van der Waals surface area contributed by atoms with E-state index in [0.717, 1.165) is 15.0 Å². The van der Waals surface area contributed by atoms with Crippen LogP contribution in [0.1, 0.15) is 5.76 Å². The average molecular weight is 387 g/mol. The molecule has 1 unspecified atom stereocenters. The van der Waals surface area contributed by atoms with E-state index in [1.165, 1.54) is 32.3 Å². The zero-order chi connectivity index (χ0) is 18.6. The van der Waals surface area contributed by atoms with Crippen molar-refractivity contribution < 1.29 is 22.5 Å². The van der Waals surface area contributed by atoms with Crippen LogP contribution in [-0.2, 0) is 21.4 Å². The number of quaternary nitrogens is 1. The zero-order valence-electron chi connectivity index (χ0n) is 14.2. The maximum absolute atomic E-state index is 12.2. The fourth-order valence-corrected chi connectivity index (χ4v) is 3.31. The summed E-state index contributed by atoms with van der Waals surface area (Å²) in [5.41, 5.74) is 0.264. The van der Waals surface area contributed by atoms with Gasteiger partial charge < -0.3 is 14.6 Å². The van der Waals surface area contributed by atoms with Crippen LogP contribution in [0.3, 0.4) is 0 Å². The van der Waals surface area contributed by atoms with Crippen molar-refractivity contribution >= 4 is 33.2 Å². The Morgan fingerprint density at radius 3 is 2.64 bits per heavy atom. The second kappa shape index (κ2) is 8.01. The maximum atomic E-state index is 12.2. The number of carbonyl (C=O) groups excluding carboxylic acids is 1. The van der Waals surface area contributed by atoms with Crippen molar-refractivity contribution in [3.8, 4) is 0 Å². The molecule has 1 aromatic carbocycles. The molecular weight excluding hydrogens is 366 g/mol. The molecule has 0 saturated heterocycles. The van der Waals surface area contributed by atoms with Crippen molar-refractivity contribution in [1.82, 2.24) is 4.31 Å². The van der Waals surface area contributed by atoms with Crippen LogP contribution >= 0.6 is 11.6 Å². The van der Waals surface area contributed by atoms with Crippen molar-refractivity contribution in [2.75, 3.05) is 33.0 Å². The van der Waals surface area contributed by atoms with E-state index in [2.05, 4.69) is 5.32 Å². The number of amides is 1. The summed E-state index contributed by atoms with van der Waals surface area (Å²) in [5.74, 6) is 0.507. The van der Waals surface area contributed by atoms with Gasteiger partial charge in [0, 0.05) is 14.1 Å². The van der Waals surface area contributed by atoms with Crippen molar-refractivity contribution in [1.29, 1.82) is 0 Å². The smallest absolute Gasteiger partial charge is 0.279 e. The summed E-state index contributed by atoms with van der Waals surface area (Å²) in [6.07, 6.45) is 1.58. The Bertz CT molecular complexity index is 835. The minimum absolute atomic E-state index is 0.0634. The van der Waals surface area contributed by atoms with Gasteiger partial charge in [-0.3, -0.25) is 4.79 Å². The van der Waals surface area contributed by atoms with E-state index in [4.69, 9.17) is 16.0 Å². The summed E-state index contributed by atoms with van der Waals surface area (Å²) in [6, 6.07) is 7.85. The van der Waals surface area contributed by atoms with Crippen molar-refractivity contribution in [2.24, 2.45) is 0 Å². The lowest BCUT2D eigenvalue weighted by Crippen LogP contribution is -3.08. The fourth-order valence-electron chi connectivity index (χ4n) is 2.21. The summed E-state index contributed by atoms with van der Waals surface area (Å²) in [4.78, 5) is 13.2. The van der Waals surface area contributed by atoms with Gasteiger partial charge in [0.05, 0.1) is 28.9 Å². The summed E-state index contributed by atoms with van der Waals surface area (Å²) < 4.78 is 30.7.